The monoisotopic (exact) mass is 478 g/mol. The number of aryl methyl sites for hydroxylation is 1. The minimum atomic E-state index is -1.10. The van der Waals surface area contributed by atoms with E-state index in [-0.39, 0.29) is 18.5 Å². The van der Waals surface area contributed by atoms with Gasteiger partial charge in [0, 0.05) is 44.0 Å². The Bertz CT molecular complexity index is 1140. The number of aliphatic carboxylic acids is 1. The number of H-pyrrole nitrogens is 1. The SMILES string of the molecule is Cc1cn[nH]cccc(CC(NC(=O)N2CCC(N3Cc4ccccc4NC3=O)CC2)C(=O)O)c1. The summed E-state index contributed by atoms with van der Waals surface area (Å²) in [7, 11) is 0. The molecule has 4 rings (SSSR count). The first-order chi connectivity index (χ1) is 16.9. The van der Waals surface area contributed by atoms with Gasteiger partial charge in [0.15, 0.2) is 0 Å². The Morgan fingerprint density at radius 3 is 2.74 bits per heavy atom. The van der Waals surface area contributed by atoms with E-state index >= 15 is 0 Å². The highest BCUT2D eigenvalue weighted by atomic mass is 16.4. The molecule has 10 heteroatoms. The number of aromatic nitrogens is 2. The second-order valence-electron chi connectivity index (χ2n) is 8.85. The number of rotatable bonds is 5. The Hall–Kier alpha value is -4.08. The average molecular weight is 479 g/mol. The highest BCUT2D eigenvalue weighted by Crippen LogP contribution is 2.27. The fourth-order valence-corrected chi connectivity index (χ4v) is 4.48. The number of hydrogen-bond donors (Lipinski definition) is 4. The number of hydrogen-bond acceptors (Lipinski definition) is 4. The van der Waals surface area contributed by atoms with Crippen molar-refractivity contribution < 1.29 is 19.5 Å². The molecule has 1 saturated heterocycles. The standard InChI is InChI=1S/C25H30N6O4/c1-17-13-18(5-4-10-26-27-15-17)14-22(23(32)33)29-24(34)30-11-8-20(9-12-30)31-16-19-6-2-3-7-21(19)28-25(31)35/h2-7,10,13,15,20,22,26H,8-9,11-12,14,16H2,1H3,(H,28,35)(H,29,34)(H,32,33). The van der Waals surface area contributed by atoms with E-state index < -0.39 is 18.0 Å². The van der Waals surface area contributed by atoms with Crippen LogP contribution in [0.15, 0.2) is 54.9 Å². The molecule has 10 nitrogen and oxygen atoms in total. The molecule has 0 spiro atoms. The van der Waals surface area contributed by atoms with E-state index in [9.17, 15) is 19.5 Å². The molecule has 1 atom stereocenters. The number of carboxylic acid groups (broad SMARTS) is 1. The van der Waals surface area contributed by atoms with Gasteiger partial charge in [-0.2, -0.15) is 5.10 Å². The Balaban J connectivity index is 1.36. The molecule has 3 heterocycles. The van der Waals surface area contributed by atoms with Crippen molar-refractivity contribution in [1.29, 1.82) is 0 Å². The van der Waals surface area contributed by atoms with Gasteiger partial charge in [0.2, 0.25) is 0 Å². The molecule has 184 valence electrons. The number of amides is 4. The van der Waals surface area contributed by atoms with Gasteiger partial charge < -0.3 is 25.5 Å². The molecule has 4 N–H and O–H groups in total. The second-order valence-corrected chi connectivity index (χ2v) is 8.85. The fourth-order valence-electron chi connectivity index (χ4n) is 4.48. The normalized spacial score (nSPS) is 16.5. The zero-order valence-electron chi connectivity index (χ0n) is 19.6. The third-order valence-corrected chi connectivity index (χ3v) is 6.33. The number of carbonyl (C=O) groups is 3. The van der Waals surface area contributed by atoms with Crippen LogP contribution in [0.4, 0.5) is 15.3 Å². The molecule has 4 amide bonds. The van der Waals surface area contributed by atoms with Crippen LogP contribution in [0.25, 0.3) is 0 Å². The van der Waals surface area contributed by atoms with Crippen molar-refractivity contribution in [2.75, 3.05) is 18.4 Å². The van der Waals surface area contributed by atoms with E-state index in [0.29, 0.717) is 32.5 Å². The van der Waals surface area contributed by atoms with Crippen molar-refractivity contribution in [3.05, 3.63) is 71.5 Å². The molecule has 2 aliphatic rings. The van der Waals surface area contributed by atoms with Crippen molar-refractivity contribution in [1.82, 2.24) is 25.3 Å². The van der Waals surface area contributed by atoms with Crippen LogP contribution >= 0.6 is 0 Å². The summed E-state index contributed by atoms with van der Waals surface area (Å²) in [4.78, 5) is 40.8. The number of piperidine rings is 1. The fraction of sp³-hybridized carbons (Fsp3) is 0.360. The number of likely N-dealkylation sites (tertiary alicyclic amines) is 1. The summed E-state index contributed by atoms with van der Waals surface area (Å²) in [5, 5.41) is 22.1. The zero-order valence-corrected chi connectivity index (χ0v) is 19.6. The van der Waals surface area contributed by atoms with E-state index in [1.165, 1.54) is 0 Å². The number of benzene rings is 1. The molecule has 35 heavy (non-hydrogen) atoms. The molecule has 0 aliphatic carbocycles. The summed E-state index contributed by atoms with van der Waals surface area (Å²) in [6.45, 7) is 3.29. The van der Waals surface area contributed by atoms with Gasteiger partial charge in [-0.15, -0.1) is 0 Å². The number of aromatic amines is 1. The second kappa shape index (κ2) is 10.9. The quantitative estimate of drug-likeness (QED) is 0.525. The van der Waals surface area contributed by atoms with Crippen LogP contribution in [-0.4, -0.2) is 68.3 Å². The first kappa shape index (κ1) is 24.1. The van der Waals surface area contributed by atoms with E-state index in [4.69, 9.17) is 0 Å². The topological polar surface area (TPSA) is 131 Å². The average Bonchev–Trinajstić information content (AvgIpc) is 2.94. The van der Waals surface area contributed by atoms with Crippen LogP contribution in [0.5, 0.6) is 0 Å². The first-order valence-electron chi connectivity index (χ1n) is 11.7. The summed E-state index contributed by atoms with van der Waals surface area (Å²) in [5.74, 6) is -1.10. The van der Waals surface area contributed by atoms with Crippen LogP contribution in [-0.2, 0) is 17.8 Å². The maximum absolute atomic E-state index is 12.9. The number of nitrogens with one attached hydrogen (secondary N) is 3. The number of para-hydroxylation sites is 1. The molecule has 2 aromatic rings. The molecule has 1 aromatic heterocycles. The summed E-state index contributed by atoms with van der Waals surface area (Å²) >= 11 is 0. The first-order valence-corrected chi connectivity index (χ1v) is 11.7. The lowest BCUT2D eigenvalue weighted by molar-refractivity contribution is -0.139. The number of fused-ring (bicyclic) bond motifs is 1. The van der Waals surface area contributed by atoms with Crippen molar-refractivity contribution in [3.8, 4) is 0 Å². The van der Waals surface area contributed by atoms with Gasteiger partial charge in [0.1, 0.15) is 6.04 Å². The molecule has 0 radical (unpaired) electrons. The van der Waals surface area contributed by atoms with Gasteiger partial charge in [0.05, 0.1) is 6.20 Å². The number of nitrogens with zero attached hydrogens (tertiary/aromatic N) is 3. The lowest BCUT2D eigenvalue weighted by Gasteiger charge is -2.40. The number of carboxylic acids is 1. The Morgan fingerprint density at radius 1 is 1.20 bits per heavy atom. The molecule has 0 saturated carbocycles. The summed E-state index contributed by atoms with van der Waals surface area (Å²) in [5.41, 5.74) is 3.52. The predicted molar refractivity (Wildman–Crippen MR) is 130 cm³/mol. The molecular weight excluding hydrogens is 448 g/mol. The van der Waals surface area contributed by atoms with E-state index in [1.807, 2.05) is 42.2 Å². The van der Waals surface area contributed by atoms with Crippen LogP contribution in [0.3, 0.4) is 0 Å². The van der Waals surface area contributed by atoms with Gasteiger partial charge in [-0.25, -0.2) is 14.4 Å². The van der Waals surface area contributed by atoms with Gasteiger partial charge >= 0.3 is 18.0 Å². The predicted octanol–water partition coefficient (Wildman–Crippen LogP) is 3.06. The van der Waals surface area contributed by atoms with Crippen LogP contribution < -0.4 is 10.6 Å². The lowest BCUT2D eigenvalue weighted by atomic mass is 10.0. The zero-order chi connectivity index (χ0) is 24.8. The highest BCUT2D eigenvalue weighted by molar-refractivity contribution is 5.92. The maximum Gasteiger partial charge on any atom is 0.326 e. The van der Waals surface area contributed by atoms with Gasteiger partial charge in [0.25, 0.3) is 0 Å². The van der Waals surface area contributed by atoms with E-state index in [0.717, 1.165) is 22.4 Å². The van der Waals surface area contributed by atoms with Crippen molar-refractivity contribution in [2.45, 2.75) is 44.8 Å². The molecule has 0 bridgehead atoms. The third-order valence-electron chi connectivity index (χ3n) is 6.33. The summed E-state index contributed by atoms with van der Waals surface area (Å²) in [6, 6.07) is 11.5. The number of urea groups is 2. The van der Waals surface area contributed by atoms with E-state index in [2.05, 4.69) is 20.8 Å². The number of anilines is 1. The van der Waals surface area contributed by atoms with Crippen molar-refractivity contribution in [3.63, 3.8) is 0 Å². The van der Waals surface area contributed by atoms with Crippen LogP contribution in [0.2, 0.25) is 0 Å². The molecule has 1 fully saturated rings. The Kier molecular flexibility index (Phi) is 7.49. The highest BCUT2D eigenvalue weighted by Gasteiger charge is 2.33. The van der Waals surface area contributed by atoms with Gasteiger partial charge in [-0.3, -0.25) is 5.10 Å². The summed E-state index contributed by atoms with van der Waals surface area (Å²) in [6.07, 6.45) is 4.68. The lowest BCUT2D eigenvalue weighted by Crippen LogP contribution is -2.54. The van der Waals surface area contributed by atoms with Crippen LogP contribution in [0, 0.1) is 6.92 Å². The molecule has 1 unspecified atom stereocenters. The van der Waals surface area contributed by atoms with Gasteiger partial charge in [-0.1, -0.05) is 30.3 Å². The molecular formula is C25H30N6O4. The maximum atomic E-state index is 12.9. The molecule has 2 aliphatic heterocycles. The third kappa shape index (κ3) is 6.08. The Morgan fingerprint density at radius 2 is 1.97 bits per heavy atom. The van der Waals surface area contributed by atoms with Gasteiger partial charge in [-0.05, 0) is 48.6 Å². The number of carbonyl (C=O) groups excluding carboxylic acids is 2. The van der Waals surface area contributed by atoms with Crippen molar-refractivity contribution >= 4 is 23.7 Å². The minimum absolute atomic E-state index is 0.0156. The minimum Gasteiger partial charge on any atom is -0.480 e. The van der Waals surface area contributed by atoms with Crippen LogP contribution in [0.1, 0.15) is 29.5 Å². The van der Waals surface area contributed by atoms with Crippen molar-refractivity contribution in [2.24, 2.45) is 0 Å². The Labute approximate surface area is 203 Å². The largest absolute Gasteiger partial charge is 0.480 e. The van der Waals surface area contributed by atoms with E-state index in [1.54, 1.807) is 29.4 Å². The molecule has 1 aromatic carbocycles. The smallest absolute Gasteiger partial charge is 0.326 e. The summed E-state index contributed by atoms with van der Waals surface area (Å²) < 4.78 is 0.